The molecule has 0 saturated carbocycles. The third-order valence-corrected chi connectivity index (χ3v) is 4.04. The van der Waals surface area contributed by atoms with Crippen molar-refractivity contribution in [3.8, 4) is 33.9 Å². The maximum Gasteiger partial charge on any atom is 0.205 e. The van der Waals surface area contributed by atoms with Crippen molar-refractivity contribution in [3.05, 3.63) is 54.6 Å². The predicted molar refractivity (Wildman–Crippen MR) is 101 cm³/mol. The van der Waals surface area contributed by atoms with Gasteiger partial charge >= 0.3 is 0 Å². The Bertz CT molecular complexity index is 824. The molecule has 0 spiro atoms. The lowest BCUT2D eigenvalue weighted by molar-refractivity contribution is 0.309. The molecule has 0 fully saturated rings. The molecule has 4 heteroatoms. The number of benzene rings is 2. The fourth-order valence-electron chi connectivity index (χ4n) is 2.73. The van der Waals surface area contributed by atoms with Gasteiger partial charge in [0.15, 0.2) is 11.5 Å². The van der Waals surface area contributed by atoms with Gasteiger partial charge in [0.05, 0.1) is 12.2 Å². The van der Waals surface area contributed by atoms with Gasteiger partial charge in [-0.15, -0.1) is 0 Å². The standard InChI is InChI=1S/C21H23NO3/c1-3-4-13-24-17-12-8-11-16(14-17)18-19(23)20(25-21(18)22-2)15-9-6-5-7-10-15/h5-12,14,22-23H,3-4,13H2,1-2H3. The van der Waals surface area contributed by atoms with Crippen LogP contribution in [0.1, 0.15) is 19.8 Å². The quantitative estimate of drug-likeness (QED) is 0.556. The summed E-state index contributed by atoms with van der Waals surface area (Å²) in [6.07, 6.45) is 2.10. The molecule has 0 saturated heterocycles. The second-order valence-electron chi connectivity index (χ2n) is 5.83. The molecule has 1 aromatic heterocycles. The van der Waals surface area contributed by atoms with Crippen LogP contribution in [0, 0.1) is 0 Å². The molecule has 1 heterocycles. The van der Waals surface area contributed by atoms with Gasteiger partial charge in [0, 0.05) is 12.6 Å². The van der Waals surface area contributed by atoms with Crippen LogP contribution in [-0.4, -0.2) is 18.8 Å². The van der Waals surface area contributed by atoms with E-state index in [4.69, 9.17) is 9.15 Å². The number of hydrogen-bond acceptors (Lipinski definition) is 4. The van der Waals surface area contributed by atoms with Crippen molar-refractivity contribution in [2.75, 3.05) is 19.0 Å². The van der Waals surface area contributed by atoms with Crippen LogP contribution in [0.15, 0.2) is 59.0 Å². The number of rotatable bonds is 7. The molecule has 2 N–H and O–H groups in total. The van der Waals surface area contributed by atoms with Crippen LogP contribution in [0.25, 0.3) is 22.5 Å². The second kappa shape index (κ2) is 7.79. The van der Waals surface area contributed by atoms with Crippen molar-refractivity contribution in [2.45, 2.75) is 19.8 Å². The average Bonchev–Trinajstić information content (AvgIpc) is 2.99. The molecule has 0 aliphatic rings. The first-order chi connectivity index (χ1) is 12.2. The van der Waals surface area contributed by atoms with Crippen molar-refractivity contribution in [1.82, 2.24) is 0 Å². The summed E-state index contributed by atoms with van der Waals surface area (Å²) in [5.74, 6) is 1.90. The largest absolute Gasteiger partial charge is 0.504 e. The molecule has 0 aliphatic carbocycles. The molecule has 0 radical (unpaired) electrons. The molecular weight excluding hydrogens is 314 g/mol. The summed E-state index contributed by atoms with van der Waals surface area (Å²) in [5, 5.41) is 13.8. The summed E-state index contributed by atoms with van der Waals surface area (Å²) < 4.78 is 11.7. The van der Waals surface area contributed by atoms with E-state index < -0.39 is 0 Å². The average molecular weight is 337 g/mol. The van der Waals surface area contributed by atoms with Gasteiger partial charge in [0.1, 0.15) is 5.75 Å². The van der Waals surface area contributed by atoms with Gasteiger partial charge in [-0.25, -0.2) is 0 Å². The maximum absolute atomic E-state index is 10.8. The highest BCUT2D eigenvalue weighted by Crippen LogP contribution is 2.46. The monoisotopic (exact) mass is 337 g/mol. The van der Waals surface area contributed by atoms with Crippen molar-refractivity contribution in [3.63, 3.8) is 0 Å². The molecule has 0 bridgehead atoms. The number of anilines is 1. The molecule has 0 unspecified atom stereocenters. The van der Waals surface area contributed by atoms with Crippen LogP contribution in [-0.2, 0) is 0 Å². The Hall–Kier alpha value is -2.88. The number of hydrogen-bond donors (Lipinski definition) is 2. The number of furan rings is 1. The van der Waals surface area contributed by atoms with Crippen LogP contribution in [0.5, 0.6) is 11.5 Å². The Balaban J connectivity index is 2.00. The van der Waals surface area contributed by atoms with Gasteiger partial charge in [0.2, 0.25) is 5.88 Å². The van der Waals surface area contributed by atoms with E-state index in [1.165, 1.54) is 0 Å². The number of nitrogens with one attached hydrogen (secondary N) is 1. The minimum absolute atomic E-state index is 0.126. The van der Waals surface area contributed by atoms with Gasteiger partial charge in [-0.2, -0.15) is 0 Å². The van der Waals surface area contributed by atoms with Gasteiger partial charge in [0.25, 0.3) is 0 Å². The summed E-state index contributed by atoms with van der Waals surface area (Å²) in [4.78, 5) is 0. The van der Waals surface area contributed by atoms with E-state index in [0.717, 1.165) is 29.7 Å². The molecule has 0 amide bonds. The predicted octanol–water partition coefficient (Wildman–Crippen LogP) is 5.54. The van der Waals surface area contributed by atoms with Crippen molar-refractivity contribution >= 4 is 5.88 Å². The highest BCUT2D eigenvalue weighted by Gasteiger charge is 2.22. The molecular formula is C21H23NO3. The number of ether oxygens (including phenoxy) is 1. The van der Waals surface area contributed by atoms with E-state index in [2.05, 4.69) is 12.2 Å². The highest BCUT2D eigenvalue weighted by atomic mass is 16.5. The van der Waals surface area contributed by atoms with Gasteiger partial charge in [-0.05, 0) is 24.1 Å². The Labute approximate surface area is 148 Å². The van der Waals surface area contributed by atoms with E-state index in [1.54, 1.807) is 7.05 Å². The topological polar surface area (TPSA) is 54.6 Å². The lowest BCUT2D eigenvalue weighted by atomic mass is 10.0. The summed E-state index contributed by atoms with van der Waals surface area (Å²) in [7, 11) is 1.78. The minimum Gasteiger partial charge on any atom is -0.504 e. The Morgan fingerprint density at radius 2 is 1.80 bits per heavy atom. The Morgan fingerprint density at radius 1 is 1.04 bits per heavy atom. The smallest absolute Gasteiger partial charge is 0.205 e. The molecule has 0 aliphatic heterocycles. The zero-order chi connectivity index (χ0) is 17.6. The van der Waals surface area contributed by atoms with E-state index in [9.17, 15) is 5.11 Å². The third kappa shape index (κ3) is 3.63. The van der Waals surface area contributed by atoms with Crippen LogP contribution in [0.3, 0.4) is 0 Å². The summed E-state index contributed by atoms with van der Waals surface area (Å²) in [6.45, 7) is 2.82. The fraction of sp³-hybridized carbons (Fsp3) is 0.238. The zero-order valence-corrected chi connectivity index (χ0v) is 14.6. The van der Waals surface area contributed by atoms with Crippen LogP contribution in [0.2, 0.25) is 0 Å². The van der Waals surface area contributed by atoms with Gasteiger partial charge < -0.3 is 19.6 Å². The third-order valence-electron chi connectivity index (χ3n) is 4.04. The van der Waals surface area contributed by atoms with Crippen LogP contribution >= 0.6 is 0 Å². The molecule has 130 valence electrons. The van der Waals surface area contributed by atoms with Crippen molar-refractivity contribution in [1.29, 1.82) is 0 Å². The maximum atomic E-state index is 10.8. The Morgan fingerprint density at radius 3 is 2.52 bits per heavy atom. The highest BCUT2D eigenvalue weighted by molar-refractivity contribution is 5.87. The first-order valence-electron chi connectivity index (χ1n) is 8.56. The normalized spacial score (nSPS) is 10.6. The lowest BCUT2D eigenvalue weighted by Gasteiger charge is -2.08. The SMILES string of the molecule is CCCCOc1cccc(-c2c(NC)oc(-c3ccccc3)c2O)c1. The molecule has 0 atom stereocenters. The van der Waals surface area contributed by atoms with E-state index in [0.29, 0.717) is 23.8 Å². The van der Waals surface area contributed by atoms with Gasteiger partial charge in [-0.1, -0.05) is 55.8 Å². The summed E-state index contributed by atoms with van der Waals surface area (Å²) >= 11 is 0. The van der Waals surface area contributed by atoms with Crippen LogP contribution < -0.4 is 10.1 Å². The minimum atomic E-state index is 0.126. The Kier molecular flexibility index (Phi) is 5.29. The lowest BCUT2D eigenvalue weighted by Crippen LogP contribution is -1.96. The summed E-state index contributed by atoms with van der Waals surface area (Å²) in [6, 6.07) is 17.3. The number of unbranched alkanes of at least 4 members (excludes halogenated alkanes) is 1. The fourth-order valence-corrected chi connectivity index (χ4v) is 2.73. The van der Waals surface area contributed by atoms with Crippen molar-refractivity contribution in [2.24, 2.45) is 0 Å². The molecule has 3 aromatic rings. The molecule has 2 aromatic carbocycles. The molecule has 3 rings (SSSR count). The van der Waals surface area contributed by atoms with E-state index in [1.807, 2.05) is 54.6 Å². The molecule has 25 heavy (non-hydrogen) atoms. The van der Waals surface area contributed by atoms with Gasteiger partial charge in [-0.3, -0.25) is 0 Å². The molecule has 4 nitrogen and oxygen atoms in total. The van der Waals surface area contributed by atoms with E-state index >= 15 is 0 Å². The van der Waals surface area contributed by atoms with Crippen molar-refractivity contribution < 1.29 is 14.3 Å². The van der Waals surface area contributed by atoms with E-state index in [-0.39, 0.29) is 5.75 Å². The first-order valence-corrected chi connectivity index (χ1v) is 8.56. The first kappa shape index (κ1) is 17.0. The van der Waals surface area contributed by atoms with Crippen LogP contribution in [0.4, 0.5) is 5.88 Å². The second-order valence-corrected chi connectivity index (χ2v) is 5.83. The number of aromatic hydroxyl groups is 1. The zero-order valence-electron chi connectivity index (χ0n) is 14.6. The summed E-state index contributed by atoms with van der Waals surface area (Å²) in [5.41, 5.74) is 2.32.